The normalized spacial score (nSPS) is 26.1. The lowest BCUT2D eigenvalue weighted by atomic mass is 9.67. The van der Waals surface area contributed by atoms with Crippen LogP contribution in [0.3, 0.4) is 0 Å². The number of ether oxygens (including phenoxy) is 1. The molecule has 1 heterocycles. The number of carbonyl (C=O) groups is 1. The molecule has 1 aliphatic carbocycles. The number of allylic oxidation sites excluding steroid dienone is 2. The van der Waals surface area contributed by atoms with Gasteiger partial charge in [-0.15, -0.1) is 0 Å². The zero-order chi connectivity index (χ0) is 18.4. The molecule has 134 valence electrons. The van der Waals surface area contributed by atoms with Gasteiger partial charge in [-0.3, -0.25) is 4.79 Å². The highest BCUT2D eigenvalue weighted by atomic mass is 16.5. The van der Waals surface area contributed by atoms with E-state index >= 15 is 0 Å². The van der Waals surface area contributed by atoms with Crippen LogP contribution in [0, 0.1) is 11.3 Å². The van der Waals surface area contributed by atoms with Crippen LogP contribution in [0.1, 0.15) is 31.4 Å². The average molecular weight is 348 g/mol. The van der Waals surface area contributed by atoms with Crippen LogP contribution in [-0.2, 0) is 9.53 Å². The van der Waals surface area contributed by atoms with Crippen molar-refractivity contribution in [2.45, 2.75) is 25.9 Å². The van der Waals surface area contributed by atoms with E-state index in [0.717, 1.165) is 22.3 Å². The van der Waals surface area contributed by atoms with Crippen molar-refractivity contribution in [1.29, 1.82) is 0 Å². The molecular formula is C23H24O3. The predicted octanol–water partition coefficient (Wildman–Crippen LogP) is 3.97. The molecule has 2 unspecified atom stereocenters. The van der Waals surface area contributed by atoms with Crippen molar-refractivity contribution in [2.24, 2.45) is 11.3 Å². The van der Waals surface area contributed by atoms with Crippen LogP contribution in [0.25, 0.3) is 11.1 Å². The first kappa shape index (κ1) is 17.2. The second-order valence-corrected chi connectivity index (χ2v) is 7.97. The highest BCUT2D eigenvalue weighted by Crippen LogP contribution is 2.55. The van der Waals surface area contributed by atoms with Gasteiger partial charge >= 0.3 is 0 Å². The van der Waals surface area contributed by atoms with Crippen LogP contribution < -0.4 is 0 Å². The molecule has 1 saturated heterocycles. The standard InChI is InChI=1S/C23H24O3/c1-22(2,25)19-14-26-15-23(19)13-18(16-9-5-3-6-10-16)20(21(23)24)17-11-7-4-8-12-17/h3-12,19,25H,13-15H2,1-2H3. The van der Waals surface area contributed by atoms with Crippen molar-refractivity contribution in [3.8, 4) is 0 Å². The molecule has 1 fully saturated rings. The van der Waals surface area contributed by atoms with E-state index in [-0.39, 0.29) is 11.7 Å². The lowest BCUT2D eigenvalue weighted by molar-refractivity contribution is -0.128. The van der Waals surface area contributed by atoms with E-state index in [9.17, 15) is 9.90 Å². The summed E-state index contributed by atoms with van der Waals surface area (Å²) in [5.41, 5.74) is 2.18. The fraction of sp³-hybridized carbons (Fsp3) is 0.348. The number of carbonyl (C=O) groups excluding carboxylic acids is 1. The molecule has 3 heteroatoms. The summed E-state index contributed by atoms with van der Waals surface area (Å²) in [6.45, 7) is 4.35. The zero-order valence-corrected chi connectivity index (χ0v) is 15.2. The monoisotopic (exact) mass is 348 g/mol. The zero-order valence-electron chi connectivity index (χ0n) is 15.2. The number of hydrogen-bond donors (Lipinski definition) is 1. The molecule has 2 aromatic carbocycles. The highest BCUT2D eigenvalue weighted by molar-refractivity contribution is 6.33. The van der Waals surface area contributed by atoms with E-state index in [1.54, 1.807) is 13.8 Å². The number of rotatable bonds is 3. The first-order valence-electron chi connectivity index (χ1n) is 9.12. The summed E-state index contributed by atoms with van der Waals surface area (Å²) < 4.78 is 5.75. The molecule has 4 rings (SSSR count). The second kappa shape index (κ2) is 6.19. The van der Waals surface area contributed by atoms with Crippen LogP contribution in [0.4, 0.5) is 0 Å². The Balaban J connectivity index is 1.88. The Bertz CT molecular complexity index is 846. The topological polar surface area (TPSA) is 46.5 Å². The molecule has 3 nitrogen and oxygen atoms in total. The Morgan fingerprint density at radius 2 is 1.58 bits per heavy atom. The summed E-state index contributed by atoms with van der Waals surface area (Å²) in [6, 6.07) is 20.0. The summed E-state index contributed by atoms with van der Waals surface area (Å²) in [5, 5.41) is 10.7. The largest absolute Gasteiger partial charge is 0.390 e. The van der Waals surface area contributed by atoms with Crippen molar-refractivity contribution >= 4 is 16.9 Å². The maximum absolute atomic E-state index is 13.7. The average Bonchev–Trinajstić information content (AvgIpc) is 3.19. The van der Waals surface area contributed by atoms with Crippen LogP contribution in [0.15, 0.2) is 60.7 Å². The van der Waals surface area contributed by atoms with Gasteiger partial charge in [-0.1, -0.05) is 60.7 Å². The number of benzene rings is 2. The van der Waals surface area contributed by atoms with Crippen LogP contribution in [0.2, 0.25) is 0 Å². The molecule has 2 aromatic rings. The van der Waals surface area contributed by atoms with Gasteiger partial charge < -0.3 is 9.84 Å². The third kappa shape index (κ3) is 2.63. The molecule has 0 bridgehead atoms. The molecule has 1 aliphatic heterocycles. The lowest BCUT2D eigenvalue weighted by Gasteiger charge is -2.36. The van der Waals surface area contributed by atoms with Gasteiger partial charge in [-0.25, -0.2) is 0 Å². The maximum atomic E-state index is 13.7. The smallest absolute Gasteiger partial charge is 0.173 e. The maximum Gasteiger partial charge on any atom is 0.173 e. The Morgan fingerprint density at radius 3 is 2.15 bits per heavy atom. The van der Waals surface area contributed by atoms with E-state index in [1.807, 2.05) is 48.5 Å². The molecular weight excluding hydrogens is 324 g/mol. The highest BCUT2D eigenvalue weighted by Gasteiger charge is 2.59. The second-order valence-electron chi connectivity index (χ2n) is 7.97. The van der Waals surface area contributed by atoms with E-state index in [0.29, 0.717) is 19.6 Å². The quantitative estimate of drug-likeness (QED) is 0.913. The van der Waals surface area contributed by atoms with Gasteiger partial charge in [0.2, 0.25) is 0 Å². The minimum atomic E-state index is -0.972. The summed E-state index contributed by atoms with van der Waals surface area (Å²) in [7, 11) is 0. The predicted molar refractivity (Wildman–Crippen MR) is 102 cm³/mol. The number of ketones is 1. The molecule has 0 aromatic heterocycles. The van der Waals surface area contributed by atoms with Gasteiger partial charge in [0, 0.05) is 11.5 Å². The summed E-state index contributed by atoms with van der Waals surface area (Å²) in [5.74, 6) is -0.116. The number of hydrogen-bond acceptors (Lipinski definition) is 3. The van der Waals surface area contributed by atoms with Gasteiger partial charge in [0.25, 0.3) is 0 Å². The van der Waals surface area contributed by atoms with Gasteiger partial charge in [-0.2, -0.15) is 0 Å². The van der Waals surface area contributed by atoms with Crippen molar-refractivity contribution in [1.82, 2.24) is 0 Å². The lowest BCUT2D eigenvalue weighted by Crippen LogP contribution is -2.46. The molecule has 0 amide bonds. The fourth-order valence-electron chi connectivity index (χ4n) is 4.56. The van der Waals surface area contributed by atoms with Crippen LogP contribution >= 0.6 is 0 Å². The summed E-state index contributed by atoms with van der Waals surface area (Å²) in [4.78, 5) is 13.7. The van der Waals surface area contributed by atoms with Gasteiger partial charge in [0.05, 0.1) is 24.2 Å². The van der Waals surface area contributed by atoms with Gasteiger partial charge in [-0.05, 0) is 37.0 Å². The van der Waals surface area contributed by atoms with Crippen LogP contribution in [0.5, 0.6) is 0 Å². The molecule has 0 radical (unpaired) electrons. The van der Waals surface area contributed by atoms with Gasteiger partial charge in [0.15, 0.2) is 5.78 Å². The van der Waals surface area contributed by atoms with E-state index < -0.39 is 11.0 Å². The third-order valence-electron chi connectivity index (χ3n) is 5.82. The van der Waals surface area contributed by atoms with Crippen molar-refractivity contribution in [3.63, 3.8) is 0 Å². The number of aliphatic hydroxyl groups is 1. The van der Waals surface area contributed by atoms with E-state index in [1.165, 1.54) is 0 Å². The third-order valence-corrected chi connectivity index (χ3v) is 5.82. The Hall–Kier alpha value is -2.23. The fourth-order valence-corrected chi connectivity index (χ4v) is 4.56. The van der Waals surface area contributed by atoms with E-state index in [2.05, 4.69) is 12.1 Å². The summed E-state index contributed by atoms with van der Waals surface area (Å²) >= 11 is 0. The molecule has 2 atom stereocenters. The van der Waals surface area contributed by atoms with Crippen LogP contribution in [-0.4, -0.2) is 29.7 Å². The Kier molecular flexibility index (Phi) is 4.09. The molecule has 2 aliphatic rings. The molecule has 1 N–H and O–H groups in total. The van der Waals surface area contributed by atoms with E-state index in [4.69, 9.17) is 4.74 Å². The molecule has 0 saturated carbocycles. The molecule has 1 spiro atoms. The van der Waals surface area contributed by atoms with Crippen molar-refractivity contribution in [3.05, 3.63) is 71.8 Å². The minimum absolute atomic E-state index is 0.104. The van der Waals surface area contributed by atoms with Crippen molar-refractivity contribution < 1.29 is 14.6 Å². The first-order chi connectivity index (χ1) is 12.4. The SMILES string of the molecule is CC(C)(O)C1COCC12CC(c1ccccc1)=C(c1ccccc1)C2=O. The number of Topliss-reactive ketones (excluding diaryl/α,β-unsaturated/α-hetero) is 1. The molecule has 26 heavy (non-hydrogen) atoms. The summed E-state index contributed by atoms with van der Waals surface area (Å²) in [6.07, 6.45) is 0.606. The van der Waals surface area contributed by atoms with Gasteiger partial charge in [0.1, 0.15) is 0 Å². The van der Waals surface area contributed by atoms with Crippen molar-refractivity contribution in [2.75, 3.05) is 13.2 Å². The Morgan fingerprint density at radius 1 is 1.00 bits per heavy atom. The minimum Gasteiger partial charge on any atom is -0.390 e. The Labute approximate surface area is 154 Å². The first-order valence-corrected chi connectivity index (χ1v) is 9.12.